The zero-order chi connectivity index (χ0) is 12.8. The number of methoxy groups -OCH3 is 1. The Labute approximate surface area is 102 Å². The van der Waals surface area contributed by atoms with Crippen LogP contribution in [0.5, 0.6) is 0 Å². The van der Waals surface area contributed by atoms with E-state index < -0.39 is 0 Å². The van der Waals surface area contributed by atoms with E-state index in [-0.39, 0.29) is 12.6 Å². The number of nitrogens with zero attached hydrogens (tertiary/aromatic N) is 3. The highest BCUT2D eigenvalue weighted by Gasteiger charge is 2.16. The van der Waals surface area contributed by atoms with E-state index in [4.69, 9.17) is 15.0 Å². The lowest BCUT2D eigenvalue weighted by Gasteiger charge is -2.27. The van der Waals surface area contributed by atoms with Gasteiger partial charge >= 0.3 is 0 Å². The van der Waals surface area contributed by atoms with Gasteiger partial charge in [0.1, 0.15) is 0 Å². The van der Waals surface area contributed by atoms with Crippen molar-refractivity contribution in [1.82, 2.24) is 15.0 Å². The van der Waals surface area contributed by atoms with Gasteiger partial charge in [0.2, 0.25) is 5.89 Å². The van der Waals surface area contributed by atoms with Crippen molar-refractivity contribution in [3.05, 3.63) is 11.7 Å². The van der Waals surface area contributed by atoms with Crippen molar-refractivity contribution in [2.45, 2.75) is 46.0 Å². The molecule has 1 rings (SSSR count). The van der Waals surface area contributed by atoms with Crippen molar-refractivity contribution >= 4 is 0 Å². The van der Waals surface area contributed by atoms with E-state index in [1.54, 1.807) is 7.11 Å². The van der Waals surface area contributed by atoms with Crippen LogP contribution in [0, 0.1) is 0 Å². The van der Waals surface area contributed by atoms with Crippen LogP contribution in [0.25, 0.3) is 0 Å². The van der Waals surface area contributed by atoms with E-state index in [1.807, 2.05) is 6.92 Å². The molecule has 6 nitrogen and oxygen atoms in total. The average molecular weight is 242 g/mol. The van der Waals surface area contributed by atoms with Crippen molar-refractivity contribution in [3.63, 3.8) is 0 Å². The summed E-state index contributed by atoms with van der Waals surface area (Å²) in [5.74, 6) is 1.14. The fraction of sp³-hybridized carbons (Fsp3) is 0.818. The Morgan fingerprint density at radius 2 is 2.12 bits per heavy atom. The molecule has 0 aliphatic carbocycles. The average Bonchev–Trinajstić information content (AvgIpc) is 2.75. The first-order valence-corrected chi connectivity index (χ1v) is 5.85. The zero-order valence-corrected chi connectivity index (χ0v) is 11.0. The first-order valence-electron chi connectivity index (χ1n) is 5.85. The molecule has 0 fully saturated rings. The van der Waals surface area contributed by atoms with Gasteiger partial charge < -0.3 is 15.0 Å². The maximum atomic E-state index is 5.43. The minimum Gasteiger partial charge on any atom is -0.380 e. The second-order valence-corrected chi connectivity index (χ2v) is 4.38. The normalized spacial score (nSPS) is 13.6. The molecule has 0 saturated heterocycles. The van der Waals surface area contributed by atoms with Crippen molar-refractivity contribution < 1.29 is 9.26 Å². The SMILES string of the molecule is COC(C)CN(Cc1noc(CN)n1)C(C)C. The predicted octanol–water partition coefficient (Wildman–Crippen LogP) is 0.774. The summed E-state index contributed by atoms with van der Waals surface area (Å²) in [6, 6.07) is 0.396. The molecule has 17 heavy (non-hydrogen) atoms. The third-order valence-electron chi connectivity index (χ3n) is 2.65. The van der Waals surface area contributed by atoms with E-state index in [0.717, 1.165) is 6.54 Å². The topological polar surface area (TPSA) is 77.4 Å². The van der Waals surface area contributed by atoms with Crippen molar-refractivity contribution in [3.8, 4) is 0 Å². The van der Waals surface area contributed by atoms with Gasteiger partial charge in [-0.05, 0) is 20.8 Å². The zero-order valence-electron chi connectivity index (χ0n) is 11.0. The number of nitrogens with two attached hydrogens (primary N) is 1. The fourth-order valence-electron chi connectivity index (χ4n) is 1.48. The Kier molecular flexibility index (Phi) is 5.54. The van der Waals surface area contributed by atoms with Crippen LogP contribution in [0.2, 0.25) is 0 Å². The van der Waals surface area contributed by atoms with Crippen LogP contribution < -0.4 is 5.73 Å². The molecule has 0 radical (unpaired) electrons. The molecule has 0 aliphatic rings. The van der Waals surface area contributed by atoms with Crippen LogP contribution in [0.3, 0.4) is 0 Å². The second-order valence-electron chi connectivity index (χ2n) is 4.38. The lowest BCUT2D eigenvalue weighted by molar-refractivity contribution is 0.0608. The molecule has 0 spiro atoms. The summed E-state index contributed by atoms with van der Waals surface area (Å²) >= 11 is 0. The maximum absolute atomic E-state index is 5.43. The van der Waals surface area contributed by atoms with Crippen LogP contribution in [-0.2, 0) is 17.8 Å². The number of ether oxygens (including phenoxy) is 1. The molecule has 0 amide bonds. The van der Waals surface area contributed by atoms with E-state index >= 15 is 0 Å². The number of aromatic nitrogens is 2. The Hall–Kier alpha value is -0.980. The van der Waals surface area contributed by atoms with E-state index in [9.17, 15) is 0 Å². The van der Waals surface area contributed by atoms with Gasteiger partial charge in [0, 0.05) is 19.7 Å². The molecule has 0 aliphatic heterocycles. The summed E-state index contributed by atoms with van der Waals surface area (Å²) in [6.45, 7) is 8.06. The minimum absolute atomic E-state index is 0.179. The van der Waals surface area contributed by atoms with Crippen LogP contribution in [0.1, 0.15) is 32.5 Å². The smallest absolute Gasteiger partial charge is 0.240 e. The van der Waals surface area contributed by atoms with Crippen molar-refractivity contribution in [1.29, 1.82) is 0 Å². The van der Waals surface area contributed by atoms with Crippen molar-refractivity contribution in [2.24, 2.45) is 5.73 Å². The number of hydrogen-bond acceptors (Lipinski definition) is 6. The van der Waals surface area contributed by atoms with Gasteiger partial charge in [-0.15, -0.1) is 0 Å². The second kappa shape index (κ2) is 6.68. The molecule has 6 heteroatoms. The summed E-state index contributed by atoms with van der Waals surface area (Å²) in [5.41, 5.74) is 5.43. The summed E-state index contributed by atoms with van der Waals surface area (Å²) in [7, 11) is 1.71. The van der Waals surface area contributed by atoms with E-state index in [2.05, 4.69) is 28.9 Å². The fourth-order valence-corrected chi connectivity index (χ4v) is 1.48. The van der Waals surface area contributed by atoms with Gasteiger partial charge in [-0.25, -0.2) is 0 Å². The standard InChI is InChI=1S/C11H22N4O2/c1-8(2)15(6-9(3)16-4)7-10-13-11(5-12)17-14-10/h8-9H,5-7,12H2,1-4H3. The maximum Gasteiger partial charge on any atom is 0.240 e. The Balaban J connectivity index is 2.59. The predicted molar refractivity (Wildman–Crippen MR) is 64.2 cm³/mol. The van der Waals surface area contributed by atoms with Crippen LogP contribution in [-0.4, -0.2) is 40.8 Å². The minimum atomic E-state index is 0.179. The van der Waals surface area contributed by atoms with E-state index in [1.165, 1.54) is 0 Å². The highest BCUT2D eigenvalue weighted by Crippen LogP contribution is 2.07. The molecule has 2 N–H and O–H groups in total. The monoisotopic (exact) mass is 242 g/mol. The number of hydrogen-bond donors (Lipinski definition) is 1. The lowest BCUT2D eigenvalue weighted by atomic mass is 10.2. The molecule has 0 saturated carbocycles. The molecular weight excluding hydrogens is 220 g/mol. The molecule has 0 bridgehead atoms. The van der Waals surface area contributed by atoms with Gasteiger partial charge in [-0.1, -0.05) is 5.16 Å². The van der Waals surface area contributed by atoms with Crippen LogP contribution in [0.15, 0.2) is 4.52 Å². The Morgan fingerprint density at radius 1 is 1.41 bits per heavy atom. The highest BCUT2D eigenvalue weighted by molar-refractivity contribution is 4.86. The van der Waals surface area contributed by atoms with Crippen LogP contribution in [0.4, 0.5) is 0 Å². The largest absolute Gasteiger partial charge is 0.380 e. The van der Waals surface area contributed by atoms with Gasteiger partial charge in [0.05, 0.1) is 19.2 Å². The van der Waals surface area contributed by atoms with Gasteiger partial charge in [0.15, 0.2) is 5.82 Å². The third-order valence-corrected chi connectivity index (χ3v) is 2.65. The van der Waals surface area contributed by atoms with Gasteiger partial charge in [0.25, 0.3) is 0 Å². The Bertz CT molecular complexity index is 327. The lowest BCUT2D eigenvalue weighted by Crippen LogP contribution is -2.37. The van der Waals surface area contributed by atoms with E-state index in [0.29, 0.717) is 24.3 Å². The first kappa shape index (κ1) is 14.1. The molecule has 1 atom stereocenters. The summed E-state index contributed by atoms with van der Waals surface area (Å²) in [5, 5.41) is 3.89. The molecule has 1 heterocycles. The summed E-state index contributed by atoms with van der Waals surface area (Å²) in [6.07, 6.45) is 0.179. The van der Waals surface area contributed by atoms with Crippen molar-refractivity contribution in [2.75, 3.05) is 13.7 Å². The Morgan fingerprint density at radius 3 is 2.59 bits per heavy atom. The summed E-state index contributed by atoms with van der Waals surface area (Å²) in [4.78, 5) is 6.43. The molecule has 0 aromatic carbocycles. The molecular formula is C11H22N4O2. The van der Waals surface area contributed by atoms with Gasteiger partial charge in [-0.2, -0.15) is 4.98 Å². The molecule has 1 unspecified atom stereocenters. The molecule has 1 aromatic heterocycles. The van der Waals surface area contributed by atoms with Crippen LogP contribution >= 0.6 is 0 Å². The molecule has 1 aromatic rings. The quantitative estimate of drug-likeness (QED) is 0.761. The third kappa shape index (κ3) is 4.41. The van der Waals surface area contributed by atoms with Gasteiger partial charge in [-0.3, -0.25) is 4.90 Å². The first-order chi connectivity index (χ1) is 8.06. The summed E-state index contributed by atoms with van der Waals surface area (Å²) < 4.78 is 10.3. The number of rotatable bonds is 7. The highest BCUT2D eigenvalue weighted by atomic mass is 16.5. The molecule has 98 valence electrons.